The number of thiophene rings is 1. The van der Waals surface area contributed by atoms with Crippen molar-refractivity contribution in [2.75, 3.05) is 14.2 Å². The zero-order valence-corrected chi connectivity index (χ0v) is 16.9. The molecule has 1 saturated carbocycles. The third-order valence-corrected chi connectivity index (χ3v) is 6.35. The second-order valence-electron chi connectivity index (χ2n) is 7.01. The maximum atomic E-state index is 5.40. The highest BCUT2D eigenvalue weighted by Gasteiger charge is 2.21. The molecule has 1 aliphatic carbocycles. The van der Waals surface area contributed by atoms with E-state index in [4.69, 9.17) is 14.0 Å². The molecular formula is C22H24N2O3S. The molecule has 28 heavy (non-hydrogen) atoms. The van der Waals surface area contributed by atoms with Crippen LogP contribution in [0.2, 0.25) is 0 Å². The molecule has 2 aromatic heterocycles. The molecule has 0 saturated heterocycles. The second kappa shape index (κ2) is 8.61. The minimum absolute atomic E-state index is 0.533. The van der Waals surface area contributed by atoms with Gasteiger partial charge in [0.05, 0.1) is 14.2 Å². The van der Waals surface area contributed by atoms with Gasteiger partial charge in [0.15, 0.2) is 11.5 Å². The molecule has 6 heteroatoms. The summed E-state index contributed by atoms with van der Waals surface area (Å²) in [5.41, 5.74) is 0.831. The molecule has 0 unspecified atom stereocenters. The lowest BCUT2D eigenvalue weighted by atomic mass is 9.81. The van der Waals surface area contributed by atoms with Gasteiger partial charge in [0.2, 0.25) is 5.82 Å². The van der Waals surface area contributed by atoms with E-state index < -0.39 is 0 Å². The van der Waals surface area contributed by atoms with Crippen LogP contribution >= 0.6 is 11.3 Å². The predicted molar refractivity (Wildman–Crippen MR) is 111 cm³/mol. The summed E-state index contributed by atoms with van der Waals surface area (Å²) in [5.74, 6) is 3.70. The van der Waals surface area contributed by atoms with Crippen molar-refractivity contribution in [3.63, 3.8) is 0 Å². The Morgan fingerprint density at radius 2 is 1.89 bits per heavy atom. The Hall–Kier alpha value is -2.60. The van der Waals surface area contributed by atoms with Gasteiger partial charge in [-0.15, -0.1) is 11.3 Å². The topological polar surface area (TPSA) is 57.4 Å². The van der Waals surface area contributed by atoms with Crippen molar-refractivity contribution in [1.82, 2.24) is 10.1 Å². The highest BCUT2D eigenvalue weighted by atomic mass is 32.1. The largest absolute Gasteiger partial charge is 0.493 e. The fourth-order valence-corrected chi connectivity index (χ4v) is 4.63. The molecule has 0 amide bonds. The summed E-state index contributed by atoms with van der Waals surface area (Å²) in [7, 11) is 3.22. The molecule has 0 aliphatic heterocycles. The van der Waals surface area contributed by atoms with Crippen LogP contribution in [0, 0.1) is 5.92 Å². The number of hydrogen-bond acceptors (Lipinski definition) is 6. The van der Waals surface area contributed by atoms with Crippen molar-refractivity contribution in [3.05, 3.63) is 52.6 Å². The molecule has 0 atom stereocenters. The van der Waals surface area contributed by atoms with Crippen molar-refractivity contribution >= 4 is 17.4 Å². The number of allylic oxidation sites excluding steroid dienone is 1. The summed E-state index contributed by atoms with van der Waals surface area (Å²) in [4.78, 5) is 6.02. The normalized spacial score (nSPS) is 19.8. The molecule has 146 valence electrons. The van der Waals surface area contributed by atoms with E-state index in [1.807, 2.05) is 35.6 Å². The van der Waals surface area contributed by atoms with Crippen LogP contribution < -0.4 is 9.47 Å². The van der Waals surface area contributed by atoms with Gasteiger partial charge in [0.1, 0.15) is 0 Å². The Morgan fingerprint density at radius 1 is 1.07 bits per heavy atom. The third kappa shape index (κ3) is 4.12. The molecular weight excluding hydrogens is 372 g/mol. The fourth-order valence-electron chi connectivity index (χ4n) is 3.73. The summed E-state index contributed by atoms with van der Waals surface area (Å²) in [5, 5.41) is 6.27. The molecule has 1 aliphatic rings. The predicted octanol–water partition coefficient (Wildman–Crippen LogP) is 5.80. The Bertz CT molecular complexity index is 925. The number of benzene rings is 1. The van der Waals surface area contributed by atoms with E-state index in [2.05, 4.69) is 33.7 Å². The summed E-state index contributed by atoms with van der Waals surface area (Å²) < 4.78 is 16.0. The highest BCUT2D eigenvalue weighted by molar-refractivity contribution is 7.10. The average Bonchev–Trinajstić information content (AvgIpc) is 3.44. The van der Waals surface area contributed by atoms with Crippen LogP contribution in [-0.2, 0) is 0 Å². The second-order valence-corrected chi connectivity index (χ2v) is 7.99. The molecule has 0 bridgehead atoms. The molecule has 1 aromatic carbocycles. The van der Waals surface area contributed by atoms with Crippen molar-refractivity contribution in [2.45, 2.75) is 31.6 Å². The first-order valence-corrected chi connectivity index (χ1v) is 10.4. The monoisotopic (exact) mass is 396 g/mol. The van der Waals surface area contributed by atoms with E-state index in [1.54, 1.807) is 14.2 Å². The van der Waals surface area contributed by atoms with Crippen LogP contribution in [0.25, 0.3) is 17.5 Å². The first-order valence-electron chi connectivity index (χ1n) is 9.54. The summed E-state index contributed by atoms with van der Waals surface area (Å²) in [6.45, 7) is 0. The van der Waals surface area contributed by atoms with E-state index in [9.17, 15) is 0 Å². The summed E-state index contributed by atoms with van der Waals surface area (Å²) in [6, 6.07) is 10.00. The molecule has 5 nitrogen and oxygen atoms in total. The van der Waals surface area contributed by atoms with Crippen LogP contribution in [0.3, 0.4) is 0 Å². The number of nitrogens with zero attached hydrogens (tertiary/aromatic N) is 2. The van der Waals surface area contributed by atoms with Crippen molar-refractivity contribution in [2.24, 2.45) is 5.92 Å². The zero-order valence-electron chi connectivity index (χ0n) is 16.1. The first-order chi connectivity index (χ1) is 13.8. The minimum atomic E-state index is 0.533. The summed E-state index contributed by atoms with van der Waals surface area (Å²) in [6.07, 6.45) is 9.07. The standard InChI is InChI=1S/C22H24N2O3S/c1-25-18-11-10-17(14-19(18)26-2)22-23-21(27-24-22)12-7-15-5-8-16(9-6-15)20-4-3-13-28-20/h3-4,7,10-16H,5-6,8-9H2,1-2H3. The lowest BCUT2D eigenvalue weighted by Crippen LogP contribution is -2.10. The molecule has 0 spiro atoms. The van der Waals surface area contributed by atoms with Crippen LogP contribution in [0.5, 0.6) is 11.5 Å². The molecule has 0 N–H and O–H groups in total. The van der Waals surface area contributed by atoms with Gasteiger partial charge in [0.25, 0.3) is 5.89 Å². The van der Waals surface area contributed by atoms with Gasteiger partial charge in [-0.05, 0) is 73.2 Å². The number of hydrogen-bond donors (Lipinski definition) is 0. The zero-order chi connectivity index (χ0) is 19.3. The fraction of sp³-hybridized carbons (Fsp3) is 0.364. The lowest BCUT2D eigenvalue weighted by Gasteiger charge is -2.25. The Balaban J connectivity index is 1.38. The van der Waals surface area contributed by atoms with Gasteiger partial charge >= 0.3 is 0 Å². The minimum Gasteiger partial charge on any atom is -0.493 e. The molecule has 1 fully saturated rings. The van der Waals surface area contributed by atoms with Crippen molar-refractivity contribution in [1.29, 1.82) is 0 Å². The lowest BCUT2D eigenvalue weighted by molar-refractivity contribution is 0.355. The molecule has 0 radical (unpaired) electrons. The van der Waals surface area contributed by atoms with Crippen LogP contribution in [-0.4, -0.2) is 24.4 Å². The van der Waals surface area contributed by atoms with Gasteiger partial charge in [-0.1, -0.05) is 17.3 Å². The van der Waals surface area contributed by atoms with Gasteiger partial charge < -0.3 is 14.0 Å². The van der Waals surface area contributed by atoms with Gasteiger partial charge in [-0.2, -0.15) is 4.98 Å². The number of ether oxygens (including phenoxy) is 2. The highest BCUT2D eigenvalue weighted by Crippen LogP contribution is 2.38. The SMILES string of the molecule is COc1ccc(-c2noc(C=CC3CCC(c4cccs4)CC3)n2)cc1OC. The summed E-state index contributed by atoms with van der Waals surface area (Å²) >= 11 is 1.88. The van der Waals surface area contributed by atoms with E-state index in [-0.39, 0.29) is 0 Å². The molecule has 4 rings (SSSR count). The van der Waals surface area contributed by atoms with E-state index in [0.29, 0.717) is 29.1 Å². The van der Waals surface area contributed by atoms with Crippen molar-refractivity contribution < 1.29 is 14.0 Å². The smallest absolute Gasteiger partial charge is 0.250 e. The Kier molecular flexibility index (Phi) is 5.76. The van der Waals surface area contributed by atoms with E-state index in [1.165, 1.54) is 30.6 Å². The Labute approximate surface area is 169 Å². The van der Waals surface area contributed by atoms with E-state index in [0.717, 1.165) is 11.5 Å². The van der Waals surface area contributed by atoms with Gasteiger partial charge in [-0.25, -0.2) is 0 Å². The van der Waals surface area contributed by atoms with E-state index >= 15 is 0 Å². The number of methoxy groups -OCH3 is 2. The van der Waals surface area contributed by atoms with Crippen LogP contribution in [0.4, 0.5) is 0 Å². The maximum absolute atomic E-state index is 5.40. The van der Waals surface area contributed by atoms with Crippen molar-refractivity contribution in [3.8, 4) is 22.9 Å². The molecule has 2 heterocycles. The number of aromatic nitrogens is 2. The van der Waals surface area contributed by atoms with Crippen LogP contribution in [0.1, 0.15) is 42.4 Å². The first kappa shape index (κ1) is 18.7. The average molecular weight is 397 g/mol. The third-order valence-electron chi connectivity index (χ3n) is 5.31. The van der Waals surface area contributed by atoms with Gasteiger partial charge in [0, 0.05) is 10.4 Å². The van der Waals surface area contributed by atoms with Gasteiger partial charge in [-0.3, -0.25) is 0 Å². The quantitative estimate of drug-likeness (QED) is 0.527. The maximum Gasteiger partial charge on any atom is 0.250 e. The molecule has 3 aromatic rings. The Morgan fingerprint density at radius 3 is 2.61 bits per heavy atom. The number of rotatable bonds is 6. The van der Waals surface area contributed by atoms with Crippen LogP contribution in [0.15, 0.2) is 46.3 Å².